The molecule has 0 saturated carbocycles. The van der Waals surface area contributed by atoms with Crippen molar-refractivity contribution < 1.29 is 9.15 Å². The molecule has 5 heteroatoms. The molecule has 0 spiro atoms. The fourth-order valence-corrected chi connectivity index (χ4v) is 2.55. The number of hydrogen-bond acceptors (Lipinski definition) is 4. The Labute approximate surface area is 138 Å². The Morgan fingerprint density at radius 3 is 2.39 bits per heavy atom. The third-order valence-electron chi connectivity index (χ3n) is 3.53. The summed E-state index contributed by atoms with van der Waals surface area (Å²) in [5.74, 6) is 1.57. The van der Waals surface area contributed by atoms with E-state index in [4.69, 9.17) is 20.8 Å². The lowest BCUT2D eigenvalue weighted by Crippen LogP contribution is -2.07. The van der Waals surface area contributed by atoms with Crippen molar-refractivity contribution in [3.8, 4) is 11.5 Å². The number of benzene rings is 2. The summed E-state index contributed by atoms with van der Waals surface area (Å²) in [5.41, 5.74) is 1.89. The summed E-state index contributed by atoms with van der Waals surface area (Å²) in [6.07, 6.45) is 0. The molecule has 3 aromatic rings. The lowest BCUT2D eigenvalue weighted by atomic mass is 10.1. The molecule has 3 rings (SSSR count). The standard InChI is InChI=1S/C18H16ClNO3/c1-20(2)13-3-5-14(6-4-13)22-15-7-8-16-12(11-19)9-18(21)23-17(16)10-15/h3-10H,11H2,1-2H3. The molecule has 0 bridgehead atoms. The average Bonchev–Trinajstić information content (AvgIpc) is 2.54. The maximum Gasteiger partial charge on any atom is 0.336 e. The number of nitrogens with zero attached hydrogens (tertiary/aromatic N) is 1. The van der Waals surface area contributed by atoms with Gasteiger partial charge < -0.3 is 14.1 Å². The van der Waals surface area contributed by atoms with E-state index in [1.165, 1.54) is 6.07 Å². The third kappa shape index (κ3) is 3.32. The Bertz CT molecular complexity index is 885. The molecule has 23 heavy (non-hydrogen) atoms. The lowest BCUT2D eigenvalue weighted by molar-refractivity contribution is 0.480. The molecule has 0 aliphatic carbocycles. The summed E-state index contributed by atoms with van der Waals surface area (Å²) >= 11 is 5.87. The largest absolute Gasteiger partial charge is 0.457 e. The number of fused-ring (bicyclic) bond motifs is 1. The van der Waals surface area contributed by atoms with Crippen LogP contribution in [0.25, 0.3) is 11.0 Å². The summed E-state index contributed by atoms with van der Waals surface area (Å²) in [6, 6.07) is 14.5. The Kier molecular flexibility index (Phi) is 4.26. The molecule has 4 nitrogen and oxygen atoms in total. The minimum Gasteiger partial charge on any atom is -0.457 e. The van der Waals surface area contributed by atoms with Gasteiger partial charge in [0.2, 0.25) is 0 Å². The molecule has 0 amide bonds. The molecule has 0 aliphatic rings. The normalized spacial score (nSPS) is 10.7. The second-order valence-corrected chi connectivity index (χ2v) is 5.64. The number of hydrogen-bond donors (Lipinski definition) is 0. The predicted molar refractivity (Wildman–Crippen MR) is 92.9 cm³/mol. The van der Waals surface area contributed by atoms with Crippen molar-refractivity contribution in [3.63, 3.8) is 0 Å². The van der Waals surface area contributed by atoms with Gasteiger partial charge in [0.05, 0.1) is 0 Å². The molecule has 0 unspecified atom stereocenters. The minimum absolute atomic E-state index is 0.258. The van der Waals surface area contributed by atoms with E-state index in [1.807, 2.05) is 55.4 Å². The van der Waals surface area contributed by atoms with Gasteiger partial charge in [-0.1, -0.05) is 0 Å². The van der Waals surface area contributed by atoms with Crippen LogP contribution in [0, 0.1) is 0 Å². The summed E-state index contributed by atoms with van der Waals surface area (Å²) in [5, 5.41) is 0.815. The summed E-state index contributed by atoms with van der Waals surface area (Å²) in [7, 11) is 3.96. The van der Waals surface area contributed by atoms with Crippen molar-refractivity contribution in [1.29, 1.82) is 0 Å². The number of anilines is 1. The highest BCUT2D eigenvalue weighted by Gasteiger charge is 2.07. The zero-order valence-corrected chi connectivity index (χ0v) is 13.6. The van der Waals surface area contributed by atoms with Gasteiger partial charge in [-0.3, -0.25) is 0 Å². The van der Waals surface area contributed by atoms with E-state index in [-0.39, 0.29) is 5.88 Å². The van der Waals surface area contributed by atoms with Crippen LogP contribution < -0.4 is 15.3 Å². The highest BCUT2D eigenvalue weighted by atomic mass is 35.5. The van der Waals surface area contributed by atoms with Crippen molar-refractivity contribution >= 4 is 28.3 Å². The molecule has 118 valence electrons. The van der Waals surface area contributed by atoms with E-state index in [0.717, 1.165) is 16.6 Å². The third-order valence-corrected chi connectivity index (χ3v) is 3.82. The van der Waals surface area contributed by atoms with Gasteiger partial charge in [-0.15, -0.1) is 11.6 Å². The van der Waals surface area contributed by atoms with Crippen LogP contribution in [0.3, 0.4) is 0 Å². The molecule has 0 saturated heterocycles. The second kappa shape index (κ2) is 6.34. The molecular weight excluding hydrogens is 314 g/mol. The van der Waals surface area contributed by atoms with E-state index in [1.54, 1.807) is 6.07 Å². The molecule has 0 atom stereocenters. The molecule has 0 aliphatic heterocycles. The van der Waals surface area contributed by atoms with Gasteiger partial charge in [-0.25, -0.2) is 4.79 Å². The van der Waals surface area contributed by atoms with Gasteiger partial charge in [-0.05, 0) is 42.0 Å². The smallest absolute Gasteiger partial charge is 0.336 e. The zero-order chi connectivity index (χ0) is 16.4. The lowest BCUT2D eigenvalue weighted by Gasteiger charge is -2.13. The second-order valence-electron chi connectivity index (χ2n) is 5.37. The quantitative estimate of drug-likeness (QED) is 0.526. The van der Waals surface area contributed by atoms with Crippen molar-refractivity contribution in [2.45, 2.75) is 5.88 Å². The average molecular weight is 330 g/mol. The molecule has 0 radical (unpaired) electrons. The highest BCUT2D eigenvalue weighted by Crippen LogP contribution is 2.28. The molecule has 0 N–H and O–H groups in total. The molecule has 2 aromatic carbocycles. The SMILES string of the molecule is CN(C)c1ccc(Oc2ccc3c(CCl)cc(=O)oc3c2)cc1. The van der Waals surface area contributed by atoms with Crippen LogP contribution in [0.5, 0.6) is 11.5 Å². The van der Waals surface area contributed by atoms with Crippen LogP contribution in [0.1, 0.15) is 5.56 Å². The van der Waals surface area contributed by atoms with Gasteiger partial charge in [0, 0.05) is 43.2 Å². The van der Waals surface area contributed by atoms with Crippen molar-refractivity contribution in [2.24, 2.45) is 0 Å². The molecular formula is C18H16ClNO3. The number of rotatable bonds is 4. The van der Waals surface area contributed by atoms with Gasteiger partial charge in [0.25, 0.3) is 0 Å². The van der Waals surface area contributed by atoms with Crippen molar-refractivity contribution in [1.82, 2.24) is 0 Å². The predicted octanol–water partition coefficient (Wildman–Crippen LogP) is 4.39. The number of halogens is 1. The van der Waals surface area contributed by atoms with Crippen LogP contribution in [-0.2, 0) is 5.88 Å². The molecule has 1 heterocycles. The molecule has 1 aromatic heterocycles. The number of ether oxygens (including phenoxy) is 1. The van der Waals surface area contributed by atoms with E-state index < -0.39 is 5.63 Å². The van der Waals surface area contributed by atoms with Crippen LogP contribution in [-0.4, -0.2) is 14.1 Å². The fraction of sp³-hybridized carbons (Fsp3) is 0.167. The highest BCUT2D eigenvalue weighted by molar-refractivity contribution is 6.17. The maximum atomic E-state index is 11.6. The molecule has 0 fully saturated rings. The van der Waals surface area contributed by atoms with Crippen molar-refractivity contribution in [2.75, 3.05) is 19.0 Å². The van der Waals surface area contributed by atoms with E-state index >= 15 is 0 Å². The summed E-state index contributed by atoms with van der Waals surface area (Å²) in [6.45, 7) is 0. The topological polar surface area (TPSA) is 42.7 Å². The van der Waals surface area contributed by atoms with Crippen molar-refractivity contribution in [3.05, 3.63) is 64.5 Å². The van der Waals surface area contributed by atoms with Crippen LogP contribution in [0.4, 0.5) is 5.69 Å². The van der Waals surface area contributed by atoms with Crippen LogP contribution in [0.15, 0.2) is 57.7 Å². The van der Waals surface area contributed by atoms with Gasteiger partial charge in [0.1, 0.15) is 17.1 Å². The Balaban J connectivity index is 1.93. The van der Waals surface area contributed by atoms with Gasteiger partial charge >= 0.3 is 5.63 Å². The first kappa shape index (κ1) is 15.4. The monoisotopic (exact) mass is 329 g/mol. The summed E-state index contributed by atoms with van der Waals surface area (Å²) < 4.78 is 11.1. The number of alkyl halides is 1. The first-order valence-electron chi connectivity index (χ1n) is 7.15. The zero-order valence-electron chi connectivity index (χ0n) is 12.9. The maximum absolute atomic E-state index is 11.6. The van der Waals surface area contributed by atoms with Gasteiger partial charge in [0.15, 0.2) is 0 Å². The van der Waals surface area contributed by atoms with E-state index in [2.05, 4.69) is 0 Å². The van der Waals surface area contributed by atoms with Crippen LogP contribution >= 0.6 is 11.6 Å². The van der Waals surface area contributed by atoms with E-state index in [0.29, 0.717) is 17.1 Å². The van der Waals surface area contributed by atoms with Gasteiger partial charge in [-0.2, -0.15) is 0 Å². The first-order chi connectivity index (χ1) is 11.1. The fourth-order valence-electron chi connectivity index (χ4n) is 2.33. The summed E-state index contributed by atoms with van der Waals surface area (Å²) in [4.78, 5) is 13.6. The Hall–Kier alpha value is -2.46. The Morgan fingerprint density at radius 2 is 1.74 bits per heavy atom. The minimum atomic E-state index is -0.416. The Morgan fingerprint density at radius 1 is 1.04 bits per heavy atom. The first-order valence-corrected chi connectivity index (χ1v) is 7.68. The van der Waals surface area contributed by atoms with Crippen LogP contribution in [0.2, 0.25) is 0 Å². The van der Waals surface area contributed by atoms with E-state index in [9.17, 15) is 4.79 Å².